The van der Waals surface area contributed by atoms with E-state index in [9.17, 15) is 14.9 Å². The number of anilines is 1. The molecule has 0 aliphatic rings. The van der Waals surface area contributed by atoms with Gasteiger partial charge in [-0.05, 0) is 19.1 Å². The van der Waals surface area contributed by atoms with Gasteiger partial charge in [-0.1, -0.05) is 11.6 Å². The molecule has 0 bridgehead atoms. The molecular weight excluding hydrogens is 284 g/mol. The SMILES string of the molecule is CCn1ncc(Cl)c1C(=O)Nc1ccc([N+](=O)[O-])cc1. The molecule has 2 aromatic rings. The fourth-order valence-electron chi connectivity index (χ4n) is 1.68. The summed E-state index contributed by atoms with van der Waals surface area (Å²) in [6, 6.07) is 5.54. The molecule has 1 aromatic carbocycles. The van der Waals surface area contributed by atoms with E-state index in [1.807, 2.05) is 6.92 Å². The second-order valence-electron chi connectivity index (χ2n) is 3.91. The summed E-state index contributed by atoms with van der Waals surface area (Å²) < 4.78 is 1.48. The third-order valence-corrected chi connectivity index (χ3v) is 2.92. The number of aryl methyl sites for hydroxylation is 1. The number of nitrogens with one attached hydrogen (secondary N) is 1. The van der Waals surface area contributed by atoms with Crippen molar-refractivity contribution >= 4 is 28.9 Å². The Hall–Kier alpha value is -2.41. The summed E-state index contributed by atoms with van der Waals surface area (Å²) in [6.07, 6.45) is 1.40. The number of aromatic nitrogens is 2. The Balaban J connectivity index is 2.19. The maximum atomic E-state index is 12.1. The summed E-state index contributed by atoms with van der Waals surface area (Å²) >= 11 is 5.92. The number of rotatable bonds is 4. The highest BCUT2D eigenvalue weighted by atomic mass is 35.5. The van der Waals surface area contributed by atoms with Crippen molar-refractivity contribution in [1.82, 2.24) is 9.78 Å². The number of hydrogen-bond donors (Lipinski definition) is 1. The van der Waals surface area contributed by atoms with Crippen molar-refractivity contribution in [2.45, 2.75) is 13.5 Å². The highest BCUT2D eigenvalue weighted by molar-refractivity contribution is 6.34. The summed E-state index contributed by atoms with van der Waals surface area (Å²) in [5, 5.41) is 17.4. The summed E-state index contributed by atoms with van der Waals surface area (Å²) in [6.45, 7) is 2.35. The first-order chi connectivity index (χ1) is 9.52. The lowest BCUT2D eigenvalue weighted by atomic mass is 10.2. The molecule has 0 unspecified atom stereocenters. The lowest BCUT2D eigenvalue weighted by Crippen LogP contribution is -2.17. The molecule has 104 valence electrons. The van der Waals surface area contributed by atoms with Crippen molar-refractivity contribution in [3.63, 3.8) is 0 Å². The number of carbonyl (C=O) groups excluding carboxylic acids is 1. The average molecular weight is 295 g/mol. The van der Waals surface area contributed by atoms with Crippen molar-refractivity contribution in [3.8, 4) is 0 Å². The number of amides is 1. The smallest absolute Gasteiger partial charge is 0.275 e. The molecule has 8 heteroatoms. The van der Waals surface area contributed by atoms with Crippen LogP contribution < -0.4 is 5.32 Å². The van der Waals surface area contributed by atoms with E-state index in [0.29, 0.717) is 12.2 Å². The number of halogens is 1. The fourth-order valence-corrected chi connectivity index (χ4v) is 1.91. The molecule has 0 atom stereocenters. The molecule has 1 N–H and O–H groups in total. The lowest BCUT2D eigenvalue weighted by molar-refractivity contribution is -0.384. The zero-order valence-corrected chi connectivity index (χ0v) is 11.3. The average Bonchev–Trinajstić information content (AvgIpc) is 2.80. The maximum Gasteiger partial charge on any atom is 0.275 e. The Morgan fingerprint density at radius 2 is 2.10 bits per heavy atom. The third-order valence-electron chi connectivity index (χ3n) is 2.65. The van der Waals surface area contributed by atoms with Gasteiger partial charge in [-0.15, -0.1) is 0 Å². The zero-order valence-electron chi connectivity index (χ0n) is 10.5. The minimum absolute atomic E-state index is 0.0420. The van der Waals surface area contributed by atoms with Gasteiger partial charge in [-0.25, -0.2) is 0 Å². The standard InChI is InChI=1S/C12H11ClN4O3/c1-2-16-11(10(13)7-14-16)12(18)15-8-3-5-9(6-4-8)17(19)20/h3-7H,2H2,1H3,(H,15,18). The van der Waals surface area contributed by atoms with Crippen molar-refractivity contribution in [2.75, 3.05) is 5.32 Å². The first-order valence-corrected chi connectivity index (χ1v) is 6.18. The maximum absolute atomic E-state index is 12.1. The van der Waals surface area contributed by atoms with E-state index in [2.05, 4.69) is 10.4 Å². The van der Waals surface area contributed by atoms with Gasteiger partial charge in [-0.2, -0.15) is 5.10 Å². The van der Waals surface area contributed by atoms with Crippen LogP contribution in [0.15, 0.2) is 30.5 Å². The van der Waals surface area contributed by atoms with Crippen LogP contribution in [0.25, 0.3) is 0 Å². The molecule has 0 radical (unpaired) electrons. The second kappa shape index (κ2) is 5.70. The van der Waals surface area contributed by atoms with Gasteiger partial charge >= 0.3 is 0 Å². The molecule has 1 amide bonds. The van der Waals surface area contributed by atoms with Gasteiger partial charge in [0.05, 0.1) is 16.1 Å². The second-order valence-corrected chi connectivity index (χ2v) is 4.32. The van der Waals surface area contributed by atoms with Gasteiger partial charge < -0.3 is 5.32 Å². The van der Waals surface area contributed by atoms with Crippen LogP contribution in [0, 0.1) is 10.1 Å². The molecule has 0 spiro atoms. The van der Waals surface area contributed by atoms with Crippen LogP contribution in [0.5, 0.6) is 0 Å². The van der Waals surface area contributed by atoms with Crippen molar-refractivity contribution in [3.05, 3.63) is 51.3 Å². The van der Waals surface area contributed by atoms with Crippen molar-refractivity contribution in [1.29, 1.82) is 0 Å². The molecule has 7 nitrogen and oxygen atoms in total. The van der Waals surface area contributed by atoms with E-state index in [1.165, 1.54) is 35.1 Å². The van der Waals surface area contributed by atoms with Gasteiger partial charge in [0, 0.05) is 24.4 Å². The molecule has 0 aliphatic carbocycles. The van der Waals surface area contributed by atoms with Crippen LogP contribution in [0.1, 0.15) is 17.4 Å². The van der Waals surface area contributed by atoms with Crippen LogP contribution in [-0.4, -0.2) is 20.6 Å². The van der Waals surface area contributed by atoms with E-state index in [4.69, 9.17) is 11.6 Å². The van der Waals surface area contributed by atoms with Crippen LogP contribution in [0.4, 0.5) is 11.4 Å². The van der Waals surface area contributed by atoms with E-state index in [0.717, 1.165) is 0 Å². The molecule has 1 heterocycles. The molecular formula is C12H11ClN4O3. The molecule has 20 heavy (non-hydrogen) atoms. The predicted octanol–water partition coefficient (Wildman–Crippen LogP) is 2.72. The number of carbonyl (C=O) groups is 1. The van der Waals surface area contributed by atoms with E-state index in [-0.39, 0.29) is 16.4 Å². The Kier molecular flexibility index (Phi) is 3.99. The number of nitro groups is 1. The summed E-state index contributed by atoms with van der Waals surface area (Å²) in [5.74, 6) is -0.414. The first-order valence-electron chi connectivity index (χ1n) is 5.80. The molecule has 0 fully saturated rings. The monoisotopic (exact) mass is 294 g/mol. The van der Waals surface area contributed by atoms with Crippen molar-refractivity contribution in [2.24, 2.45) is 0 Å². The summed E-state index contributed by atoms with van der Waals surface area (Å²) in [5.41, 5.74) is 0.660. The fraction of sp³-hybridized carbons (Fsp3) is 0.167. The quantitative estimate of drug-likeness (QED) is 0.693. The molecule has 1 aromatic heterocycles. The zero-order chi connectivity index (χ0) is 14.7. The van der Waals surface area contributed by atoms with Crippen LogP contribution in [0.3, 0.4) is 0 Å². The molecule has 0 aliphatic heterocycles. The third kappa shape index (κ3) is 2.77. The number of hydrogen-bond acceptors (Lipinski definition) is 4. The van der Waals surface area contributed by atoms with Gasteiger partial charge in [0.15, 0.2) is 0 Å². The molecule has 0 saturated carbocycles. The van der Waals surface area contributed by atoms with E-state index >= 15 is 0 Å². The predicted molar refractivity (Wildman–Crippen MR) is 74.0 cm³/mol. The topological polar surface area (TPSA) is 90.1 Å². The minimum atomic E-state index is -0.505. The first kappa shape index (κ1) is 14.0. The highest BCUT2D eigenvalue weighted by Crippen LogP contribution is 2.19. The Morgan fingerprint density at radius 1 is 1.45 bits per heavy atom. The van der Waals surface area contributed by atoms with E-state index < -0.39 is 10.8 Å². The van der Waals surface area contributed by atoms with Gasteiger partial charge in [0.25, 0.3) is 11.6 Å². The van der Waals surface area contributed by atoms with Gasteiger partial charge in [0.2, 0.25) is 0 Å². The number of non-ortho nitro benzene ring substituents is 1. The Morgan fingerprint density at radius 3 is 2.65 bits per heavy atom. The highest BCUT2D eigenvalue weighted by Gasteiger charge is 2.17. The van der Waals surface area contributed by atoms with Gasteiger partial charge in [-0.3, -0.25) is 19.6 Å². The Bertz CT molecular complexity index is 651. The van der Waals surface area contributed by atoms with E-state index in [1.54, 1.807) is 0 Å². The lowest BCUT2D eigenvalue weighted by Gasteiger charge is -2.07. The van der Waals surface area contributed by atoms with Gasteiger partial charge in [0.1, 0.15) is 5.69 Å². The summed E-state index contributed by atoms with van der Waals surface area (Å²) in [7, 11) is 0. The molecule has 2 rings (SSSR count). The largest absolute Gasteiger partial charge is 0.321 e. The minimum Gasteiger partial charge on any atom is -0.321 e. The number of nitrogens with zero attached hydrogens (tertiary/aromatic N) is 3. The summed E-state index contributed by atoms with van der Waals surface area (Å²) in [4.78, 5) is 22.1. The molecule has 0 saturated heterocycles. The Labute approximate surface area is 119 Å². The number of benzene rings is 1. The van der Waals surface area contributed by atoms with Crippen molar-refractivity contribution < 1.29 is 9.72 Å². The number of nitro benzene ring substituents is 1. The van der Waals surface area contributed by atoms with Crippen LogP contribution in [-0.2, 0) is 6.54 Å². The van der Waals surface area contributed by atoms with Crippen LogP contribution >= 0.6 is 11.6 Å². The van der Waals surface area contributed by atoms with Crippen LogP contribution in [0.2, 0.25) is 5.02 Å². The normalized spacial score (nSPS) is 10.3.